The van der Waals surface area contributed by atoms with Gasteiger partial charge >= 0.3 is 0 Å². The first kappa shape index (κ1) is 18.1. The zero-order valence-corrected chi connectivity index (χ0v) is 15.4. The third-order valence-electron chi connectivity index (χ3n) is 5.33. The van der Waals surface area contributed by atoms with Crippen LogP contribution in [0.1, 0.15) is 50.8 Å². The van der Waals surface area contributed by atoms with Crippen molar-refractivity contribution in [1.29, 1.82) is 0 Å². The largest absolute Gasteiger partial charge is 0.373 e. The summed E-state index contributed by atoms with van der Waals surface area (Å²) in [4.78, 5) is 14.7. The average Bonchev–Trinajstić information content (AvgIpc) is 3.06. The van der Waals surface area contributed by atoms with E-state index in [0.29, 0.717) is 13.2 Å². The zero-order valence-electron chi connectivity index (χ0n) is 15.4. The van der Waals surface area contributed by atoms with Crippen molar-refractivity contribution in [3.63, 3.8) is 0 Å². The van der Waals surface area contributed by atoms with Gasteiger partial charge in [0.25, 0.3) is 0 Å². The van der Waals surface area contributed by atoms with Crippen LogP contribution in [0, 0.1) is 0 Å². The Morgan fingerprint density at radius 1 is 1.40 bits per heavy atom. The van der Waals surface area contributed by atoms with Crippen molar-refractivity contribution in [3.05, 3.63) is 29.6 Å². The summed E-state index contributed by atoms with van der Waals surface area (Å²) in [6.45, 7) is 5.24. The molecule has 6 heteroatoms. The van der Waals surface area contributed by atoms with E-state index in [4.69, 9.17) is 4.74 Å². The fourth-order valence-corrected chi connectivity index (χ4v) is 3.95. The summed E-state index contributed by atoms with van der Waals surface area (Å²) in [7, 11) is 1.96. The van der Waals surface area contributed by atoms with Gasteiger partial charge < -0.3 is 10.1 Å². The highest BCUT2D eigenvalue weighted by Crippen LogP contribution is 2.28. The monoisotopic (exact) mass is 346 g/mol. The number of morpholine rings is 1. The van der Waals surface area contributed by atoms with Gasteiger partial charge in [-0.15, -0.1) is 0 Å². The number of hydrogen-bond donors (Lipinski definition) is 1. The lowest BCUT2D eigenvalue weighted by molar-refractivity contribution is -0.119. The van der Waals surface area contributed by atoms with Crippen molar-refractivity contribution in [2.45, 2.75) is 51.2 Å². The Kier molecular flexibility index (Phi) is 6.26. The molecule has 1 amide bonds. The highest BCUT2D eigenvalue weighted by Gasteiger charge is 2.34. The van der Waals surface area contributed by atoms with Crippen molar-refractivity contribution in [2.24, 2.45) is 7.05 Å². The smallest absolute Gasteiger partial charge is 0.244 e. The van der Waals surface area contributed by atoms with Crippen LogP contribution in [0.3, 0.4) is 0 Å². The zero-order chi connectivity index (χ0) is 17.6. The van der Waals surface area contributed by atoms with Crippen LogP contribution < -0.4 is 5.32 Å². The summed E-state index contributed by atoms with van der Waals surface area (Å²) in [6, 6.07) is 2.16. The van der Waals surface area contributed by atoms with Crippen LogP contribution in [0.15, 0.2) is 23.9 Å². The molecule has 0 unspecified atom stereocenters. The molecule has 0 radical (unpaired) electrons. The first-order valence-corrected chi connectivity index (χ1v) is 9.50. The van der Waals surface area contributed by atoms with Crippen molar-refractivity contribution in [3.8, 4) is 0 Å². The van der Waals surface area contributed by atoms with Gasteiger partial charge in [-0.25, -0.2) is 0 Å². The number of carbonyl (C=O) groups is 1. The average molecular weight is 346 g/mol. The minimum absolute atomic E-state index is 0.0119. The molecule has 1 aromatic heterocycles. The molecule has 1 saturated heterocycles. The molecular weight excluding hydrogens is 316 g/mol. The van der Waals surface area contributed by atoms with Gasteiger partial charge in [0.2, 0.25) is 5.91 Å². The first-order valence-electron chi connectivity index (χ1n) is 9.50. The Hall–Kier alpha value is -1.66. The van der Waals surface area contributed by atoms with E-state index < -0.39 is 0 Å². The number of nitrogens with zero attached hydrogens (tertiary/aromatic N) is 3. The maximum Gasteiger partial charge on any atom is 0.244 e. The molecule has 1 aliphatic heterocycles. The predicted molar refractivity (Wildman–Crippen MR) is 97.1 cm³/mol. The molecule has 2 atom stereocenters. The summed E-state index contributed by atoms with van der Waals surface area (Å²) >= 11 is 0. The molecule has 2 fully saturated rings. The summed E-state index contributed by atoms with van der Waals surface area (Å²) in [5.41, 5.74) is 2.41. The van der Waals surface area contributed by atoms with E-state index in [1.54, 1.807) is 6.08 Å². The third kappa shape index (κ3) is 4.50. The summed E-state index contributed by atoms with van der Waals surface area (Å²) < 4.78 is 7.93. The molecule has 0 aromatic carbocycles. The Labute approximate surface area is 150 Å². The van der Waals surface area contributed by atoms with E-state index in [2.05, 4.69) is 22.2 Å². The summed E-state index contributed by atoms with van der Waals surface area (Å²) in [5, 5.41) is 7.36. The van der Waals surface area contributed by atoms with Crippen LogP contribution in [0.2, 0.25) is 0 Å². The lowest BCUT2D eigenvalue weighted by Gasteiger charge is -2.40. The summed E-state index contributed by atoms with van der Waals surface area (Å²) in [6.07, 6.45) is 9.40. The quantitative estimate of drug-likeness (QED) is 0.831. The van der Waals surface area contributed by atoms with E-state index in [1.165, 1.54) is 24.8 Å². The fraction of sp³-hybridized carbons (Fsp3) is 0.684. The number of allylic oxidation sites excluding steroid dienone is 1. The summed E-state index contributed by atoms with van der Waals surface area (Å²) in [5.74, 6) is 0.0119. The van der Waals surface area contributed by atoms with E-state index in [9.17, 15) is 4.79 Å². The van der Waals surface area contributed by atoms with Crippen molar-refractivity contribution in [1.82, 2.24) is 20.0 Å². The molecule has 6 nitrogen and oxygen atoms in total. The van der Waals surface area contributed by atoms with Gasteiger partial charge in [0.1, 0.15) is 0 Å². The first-order chi connectivity index (χ1) is 12.2. The number of hydrogen-bond acceptors (Lipinski definition) is 4. The van der Waals surface area contributed by atoms with Gasteiger partial charge in [0.05, 0.1) is 24.4 Å². The topological polar surface area (TPSA) is 59.4 Å². The molecule has 1 saturated carbocycles. The number of aromatic nitrogens is 2. The van der Waals surface area contributed by atoms with Gasteiger partial charge in [0, 0.05) is 32.4 Å². The lowest BCUT2D eigenvalue weighted by Crippen LogP contribution is -2.50. The van der Waals surface area contributed by atoms with Crippen molar-refractivity contribution >= 4 is 5.91 Å². The molecule has 2 heterocycles. The fourth-order valence-electron chi connectivity index (χ4n) is 3.95. The van der Waals surface area contributed by atoms with Gasteiger partial charge in [0.15, 0.2) is 0 Å². The second-order valence-corrected chi connectivity index (χ2v) is 6.97. The number of carbonyl (C=O) groups excluding carboxylic acids is 1. The highest BCUT2D eigenvalue weighted by molar-refractivity contribution is 5.88. The molecule has 1 aromatic rings. The number of ether oxygens (including phenoxy) is 1. The lowest BCUT2D eigenvalue weighted by atomic mass is 9.94. The number of aryl methyl sites for hydroxylation is 1. The molecule has 1 N–H and O–H groups in total. The molecule has 0 spiro atoms. The van der Waals surface area contributed by atoms with Crippen molar-refractivity contribution in [2.75, 3.05) is 26.2 Å². The highest BCUT2D eigenvalue weighted by atomic mass is 16.5. The SMILES string of the molecule is CCN1CCO[C@@H](CNC(=O)C=C2CCCCC2)[C@@H]1c1ccnn1C. The minimum atomic E-state index is -0.0576. The van der Waals surface area contributed by atoms with Gasteiger partial charge in [-0.1, -0.05) is 18.9 Å². The number of nitrogens with one attached hydrogen (secondary N) is 1. The predicted octanol–water partition coefficient (Wildman–Crippen LogP) is 2.19. The molecule has 0 bridgehead atoms. The molecule has 25 heavy (non-hydrogen) atoms. The third-order valence-corrected chi connectivity index (χ3v) is 5.33. The van der Waals surface area contributed by atoms with Crippen LogP contribution in [0.5, 0.6) is 0 Å². The molecule has 3 rings (SSSR count). The van der Waals surface area contributed by atoms with Crippen LogP contribution in [0.25, 0.3) is 0 Å². The number of rotatable bonds is 5. The maximum absolute atomic E-state index is 12.3. The van der Waals surface area contributed by atoms with E-state index in [-0.39, 0.29) is 18.1 Å². The Bertz CT molecular complexity index is 602. The van der Waals surface area contributed by atoms with Crippen molar-refractivity contribution < 1.29 is 9.53 Å². The van der Waals surface area contributed by atoms with E-state index in [0.717, 1.165) is 31.6 Å². The van der Waals surface area contributed by atoms with Crippen LogP contribution >= 0.6 is 0 Å². The van der Waals surface area contributed by atoms with E-state index in [1.807, 2.05) is 24.0 Å². The van der Waals surface area contributed by atoms with Gasteiger partial charge in [-0.3, -0.25) is 14.4 Å². The van der Waals surface area contributed by atoms with Crippen LogP contribution in [-0.4, -0.2) is 52.9 Å². The Morgan fingerprint density at radius 3 is 2.88 bits per heavy atom. The second kappa shape index (κ2) is 8.63. The second-order valence-electron chi connectivity index (χ2n) is 6.97. The molecular formula is C19H30N4O2. The molecule has 2 aliphatic rings. The van der Waals surface area contributed by atoms with Gasteiger partial charge in [-0.05, 0) is 38.3 Å². The Balaban J connectivity index is 1.64. The Morgan fingerprint density at radius 2 is 2.20 bits per heavy atom. The minimum Gasteiger partial charge on any atom is -0.373 e. The molecule has 1 aliphatic carbocycles. The van der Waals surface area contributed by atoms with Gasteiger partial charge in [-0.2, -0.15) is 5.10 Å². The van der Waals surface area contributed by atoms with Crippen LogP contribution in [0.4, 0.5) is 0 Å². The number of amides is 1. The van der Waals surface area contributed by atoms with Crippen LogP contribution in [-0.2, 0) is 16.6 Å². The normalized spacial score (nSPS) is 25.0. The maximum atomic E-state index is 12.3. The molecule has 138 valence electrons. The standard InChI is InChI=1S/C19H30N4O2/c1-3-23-11-12-25-17(19(23)16-9-10-21-22(16)2)14-20-18(24)13-15-7-5-4-6-8-15/h9-10,13,17,19H,3-8,11-12,14H2,1-2H3,(H,20,24)/t17-,19-/m0/s1. The number of likely N-dealkylation sites (N-methyl/N-ethyl adjacent to an activating group) is 1. The van der Waals surface area contributed by atoms with E-state index >= 15 is 0 Å².